The summed E-state index contributed by atoms with van der Waals surface area (Å²) in [4.78, 5) is 11.8. The lowest BCUT2D eigenvalue weighted by Crippen LogP contribution is -2.34. The Morgan fingerprint density at radius 1 is 1.14 bits per heavy atom. The molecule has 4 N–H and O–H groups in total. The number of phenolic OH excluding ortho intramolecular Hbond substituents is 3. The number of methoxy groups -OCH3 is 1. The van der Waals surface area contributed by atoms with Crippen molar-refractivity contribution in [1.82, 2.24) is 0 Å². The van der Waals surface area contributed by atoms with Gasteiger partial charge in [-0.3, -0.25) is 4.79 Å². The van der Waals surface area contributed by atoms with Crippen molar-refractivity contribution < 1.29 is 30.0 Å². The molecule has 0 heterocycles. The second-order valence-electron chi connectivity index (χ2n) is 7.83. The van der Waals surface area contributed by atoms with E-state index in [0.29, 0.717) is 23.0 Å². The van der Waals surface area contributed by atoms with Crippen molar-refractivity contribution in [3.63, 3.8) is 0 Å². The van der Waals surface area contributed by atoms with Crippen molar-refractivity contribution in [3.8, 4) is 23.0 Å². The van der Waals surface area contributed by atoms with Crippen LogP contribution in [0, 0.1) is 12.8 Å². The monoisotopic (exact) mass is 440 g/mol. The topological polar surface area (TPSA) is 107 Å². The van der Waals surface area contributed by atoms with Crippen LogP contribution >= 0.6 is 23.2 Å². The van der Waals surface area contributed by atoms with Gasteiger partial charge in [0.15, 0.2) is 6.29 Å². The number of halogens is 2. The fraction of sp³-hybridized carbons (Fsp3) is 0.381. The van der Waals surface area contributed by atoms with Crippen LogP contribution < -0.4 is 4.74 Å². The fourth-order valence-corrected chi connectivity index (χ4v) is 4.76. The largest absolute Gasteiger partial charge is 0.508 e. The van der Waals surface area contributed by atoms with Gasteiger partial charge < -0.3 is 25.2 Å². The van der Waals surface area contributed by atoms with E-state index in [2.05, 4.69) is 0 Å². The van der Waals surface area contributed by atoms with Gasteiger partial charge in [-0.2, -0.15) is 0 Å². The molecule has 0 fully saturated rings. The number of rotatable bonds is 4. The van der Waals surface area contributed by atoms with Crippen LogP contribution in [0.1, 0.15) is 52.4 Å². The first kappa shape index (κ1) is 21.6. The maximum absolute atomic E-state index is 11.8. The number of phenols is 3. The SMILES string of the molecule is COc1c(Cl)c(C)c(Cl)c(O)c1[C@@H]1c2c(C=O)c(O)cc(O)c2C[C@H]1C(C)(C)O. The lowest BCUT2D eigenvalue weighted by Gasteiger charge is -2.33. The molecular formula is C21H22Cl2O6. The predicted octanol–water partition coefficient (Wildman–Crippen LogP) is 4.31. The van der Waals surface area contributed by atoms with Gasteiger partial charge in [-0.25, -0.2) is 0 Å². The Kier molecular flexibility index (Phi) is 5.41. The third-order valence-corrected chi connectivity index (χ3v) is 6.63. The Balaban J connectivity index is 2.48. The Morgan fingerprint density at radius 2 is 1.76 bits per heavy atom. The molecule has 8 heteroatoms. The molecule has 2 aromatic rings. The highest BCUT2D eigenvalue weighted by Gasteiger charge is 2.47. The van der Waals surface area contributed by atoms with E-state index in [4.69, 9.17) is 27.9 Å². The number of fused-ring (bicyclic) bond motifs is 1. The Hall–Kier alpha value is -2.15. The van der Waals surface area contributed by atoms with Gasteiger partial charge >= 0.3 is 0 Å². The molecule has 0 unspecified atom stereocenters. The summed E-state index contributed by atoms with van der Waals surface area (Å²) < 4.78 is 5.47. The van der Waals surface area contributed by atoms with E-state index < -0.39 is 23.2 Å². The molecule has 0 bridgehead atoms. The normalized spacial score (nSPS) is 18.6. The number of aldehydes is 1. The predicted molar refractivity (Wildman–Crippen MR) is 110 cm³/mol. The molecule has 0 saturated heterocycles. The molecule has 2 atom stereocenters. The molecule has 1 aliphatic rings. The van der Waals surface area contributed by atoms with E-state index in [0.717, 1.165) is 6.07 Å². The summed E-state index contributed by atoms with van der Waals surface area (Å²) >= 11 is 12.7. The maximum atomic E-state index is 11.8. The molecule has 0 aliphatic heterocycles. The number of hydrogen-bond donors (Lipinski definition) is 4. The molecule has 2 aromatic carbocycles. The van der Waals surface area contributed by atoms with E-state index in [9.17, 15) is 25.2 Å². The number of aromatic hydroxyl groups is 3. The van der Waals surface area contributed by atoms with Crippen LogP contribution in [0.3, 0.4) is 0 Å². The molecule has 0 saturated carbocycles. The van der Waals surface area contributed by atoms with E-state index in [1.54, 1.807) is 20.8 Å². The van der Waals surface area contributed by atoms with Crippen molar-refractivity contribution in [1.29, 1.82) is 0 Å². The minimum Gasteiger partial charge on any atom is -0.508 e. The second kappa shape index (κ2) is 7.27. The van der Waals surface area contributed by atoms with Gasteiger partial charge in [0.2, 0.25) is 0 Å². The number of aliphatic hydroxyl groups is 1. The van der Waals surface area contributed by atoms with Crippen molar-refractivity contribution in [2.24, 2.45) is 5.92 Å². The molecule has 3 rings (SSSR count). The highest BCUT2D eigenvalue weighted by Crippen LogP contribution is 2.58. The number of benzene rings is 2. The molecule has 29 heavy (non-hydrogen) atoms. The molecule has 0 amide bonds. The Labute approximate surface area is 178 Å². The standard InChI is InChI=1S/C21H22Cl2O6/c1-8-17(22)19(27)16(20(29-4)18(8)23)15-11(21(2,3)28)5-9-12(25)6-13(26)10(7-24)14(9)15/h6-7,11,15,25-28H,5H2,1-4H3/t11-,15+/m1/s1. The minimum absolute atomic E-state index is 0.0192. The number of ether oxygens (including phenoxy) is 1. The summed E-state index contributed by atoms with van der Waals surface area (Å²) in [5.74, 6) is -2.16. The number of hydrogen-bond acceptors (Lipinski definition) is 6. The van der Waals surface area contributed by atoms with Gasteiger partial charge in [0, 0.05) is 23.5 Å². The molecular weight excluding hydrogens is 419 g/mol. The van der Waals surface area contributed by atoms with Gasteiger partial charge in [-0.05, 0) is 43.9 Å². The molecule has 6 nitrogen and oxygen atoms in total. The molecule has 0 aromatic heterocycles. The minimum atomic E-state index is -1.28. The molecule has 0 spiro atoms. The highest BCUT2D eigenvalue weighted by molar-refractivity contribution is 6.38. The van der Waals surface area contributed by atoms with Gasteiger partial charge in [-0.1, -0.05) is 23.2 Å². The smallest absolute Gasteiger partial charge is 0.154 e. The van der Waals surface area contributed by atoms with Crippen LogP contribution in [-0.2, 0) is 6.42 Å². The zero-order valence-electron chi connectivity index (χ0n) is 16.4. The summed E-state index contributed by atoms with van der Waals surface area (Å²) in [5.41, 5.74) is -0.0204. The van der Waals surface area contributed by atoms with E-state index in [-0.39, 0.29) is 44.8 Å². The first-order chi connectivity index (χ1) is 13.4. The molecule has 1 aliphatic carbocycles. The zero-order chi connectivity index (χ0) is 21.8. The third-order valence-electron chi connectivity index (χ3n) is 5.72. The first-order valence-electron chi connectivity index (χ1n) is 8.95. The van der Waals surface area contributed by atoms with Crippen LogP contribution in [0.15, 0.2) is 6.07 Å². The molecule has 0 radical (unpaired) electrons. The van der Waals surface area contributed by atoms with Crippen molar-refractivity contribution in [2.75, 3.05) is 7.11 Å². The average molecular weight is 441 g/mol. The van der Waals surface area contributed by atoms with Crippen molar-refractivity contribution in [2.45, 2.75) is 38.7 Å². The van der Waals surface area contributed by atoms with Gasteiger partial charge in [0.1, 0.15) is 23.0 Å². The summed E-state index contributed by atoms with van der Waals surface area (Å²) in [6, 6.07) is 1.10. The number of carbonyl (C=O) groups excluding carboxylic acids is 1. The second-order valence-corrected chi connectivity index (χ2v) is 8.58. The summed E-state index contributed by atoms with van der Waals surface area (Å²) in [6.45, 7) is 4.81. The van der Waals surface area contributed by atoms with Crippen LogP contribution in [-0.4, -0.2) is 39.4 Å². The molecule has 156 valence electrons. The zero-order valence-corrected chi connectivity index (χ0v) is 17.9. The quantitative estimate of drug-likeness (QED) is 0.527. The van der Waals surface area contributed by atoms with Crippen LogP contribution in [0.2, 0.25) is 10.0 Å². The summed E-state index contributed by atoms with van der Waals surface area (Å²) in [6.07, 6.45) is 0.677. The fourth-order valence-electron chi connectivity index (χ4n) is 4.24. The van der Waals surface area contributed by atoms with E-state index >= 15 is 0 Å². The lowest BCUT2D eigenvalue weighted by atomic mass is 9.75. The van der Waals surface area contributed by atoms with Crippen LogP contribution in [0.25, 0.3) is 0 Å². The summed E-state index contributed by atoms with van der Waals surface area (Å²) in [7, 11) is 1.38. The van der Waals surface area contributed by atoms with Gasteiger partial charge in [0.25, 0.3) is 0 Å². The summed E-state index contributed by atoms with van der Waals surface area (Å²) in [5, 5.41) is 42.7. The van der Waals surface area contributed by atoms with Crippen molar-refractivity contribution in [3.05, 3.63) is 43.9 Å². The van der Waals surface area contributed by atoms with Gasteiger partial charge in [0.05, 0.1) is 28.3 Å². The van der Waals surface area contributed by atoms with Gasteiger partial charge in [-0.15, -0.1) is 0 Å². The number of carbonyl (C=O) groups is 1. The highest BCUT2D eigenvalue weighted by atomic mass is 35.5. The van der Waals surface area contributed by atoms with Crippen LogP contribution in [0.4, 0.5) is 0 Å². The first-order valence-corrected chi connectivity index (χ1v) is 9.70. The van der Waals surface area contributed by atoms with Crippen LogP contribution in [0.5, 0.6) is 23.0 Å². The Bertz CT molecular complexity index is 1010. The van der Waals surface area contributed by atoms with E-state index in [1.165, 1.54) is 7.11 Å². The van der Waals surface area contributed by atoms with Crippen molar-refractivity contribution >= 4 is 29.5 Å². The maximum Gasteiger partial charge on any atom is 0.154 e. The average Bonchev–Trinajstić information content (AvgIpc) is 3.04. The lowest BCUT2D eigenvalue weighted by molar-refractivity contribution is 0.0142. The third kappa shape index (κ3) is 3.19. The Morgan fingerprint density at radius 3 is 2.28 bits per heavy atom. The van der Waals surface area contributed by atoms with E-state index in [1.807, 2.05) is 0 Å².